The van der Waals surface area contributed by atoms with Crippen LogP contribution in [0.4, 0.5) is 5.69 Å². The highest BCUT2D eigenvalue weighted by atomic mass is 16.3. The van der Waals surface area contributed by atoms with Crippen molar-refractivity contribution in [1.82, 2.24) is 4.90 Å². The molecule has 2 saturated heterocycles. The molecular weight excluding hydrogens is 328 g/mol. The molecule has 1 N–H and O–H groups in total. The molecule has 0 aliphatic carbocycles. The predicted molar refractivity (Wildman–Crippen MR) is 101 cm³/mol. The zero-order chi connectivity index (χ0) is 18.3. The fraction of sp³-hybridized carbons (Fsp3) is 0.429. The SMILES string of the molecule is CC1CN(C(=O)C2CC(=O)N(c3cccc4ccccc34)C2)CCC1O. The molecule has 26 heavy (non-hydrogen) atoms. The van der Waals surface area contributed by atoms with Gasteiger partial charge in [-0.15, -0.1) is 0 Å². The number of hydrogen-bond donors (Lipinski definition) is 1. The van der Waals surface area contributed by atoms with Gasteiger partial charge in [0, 0.05) is 31.4 Å². The van der Waals surface area contributed by atoms with Crippen molar-refractivity contribution in [1.29, 1.82) is 0 Å². The van der Waals surface area contributed by atoms with Crippen molar-refractivity contribution in [3.8, 4) is 0 Å². The number of piperidine rings is 1. The molecule has 0 spiro atoms. The Kier molecular flexibility index (Phi) is 4.41. The van der Waals surface area contributed by atoms with Gasteiger partial charge < -0.3 is 14.9 Å². The van der Waals surface area contributed by atoms with Gasteiger partial charge in [-0.1, -0.05) is 43.3 Å². The number of likely N-dealkylation sites (tertiary alicyclic amines) is 1. The van der Waals surface area contributed by atoms with Crippen LogP contribution in [0.3, 0.4) is 0 Å². The van der Waals surface area contributed by atoms with Crippen LogP contribution < -0.4 is 4.90 Å². The van der Waals surface area contributed by atoms with Crippen LogP contribution >= 0.6 is 0 Å². The van der Waals surface area contributed by atoms with E-state index in [0.29, 0.717) is 26.1 Å². The third-order valence-corrected chi connectivity index (χ3v) is 5.70. The summed E-state index contributed by atoms with van der Waals surface area (Å²) in [5, 5.41) is 12.0. The van der Waals surface area contributed by atoms with Gasteiger partial charge in [0.15, 0.2) is 0 Å². The van der Waals surface area contributed by atoms with Gasteiger partial charge in [-0.3, -0.25) is 9.59 Å². The van der Waals surface area contributed by atoms with Crippen LogP contribution in [0.2, 0.25) is 0 Å². The second-order valence-electron chi connectivity index (χ2n) is 7.52. The fourth-order valence-corrected chi connectivity index (χ4v) is 4.14. The van der Waals surface area contributed by atoms with Gasteiger partial charge >= 0.3 is 0 Å². The van der Waals surface area contributed by atoms with E-state index in [9.17, 15) is 14.7 Å². The number of rotatable bonds is 2. The van der Waals surface area contributed by atoms with Crippen LogP contribution in [0.25, 0.3) is 10.8 Å². The first kappa shape index (κ1) is 17.0. The van der Waals surface area contributed by atoms with Crippen molar-refractivity contribution in [3.05, 3.63) is 42.5 Å². The summed E-state index contributed by atoms with van der Waals surface area (Å²) >= 11 is 0. The van der Waals surface area contributed by atoms with E-state index in [4.69, 9.17) is 0 Å². The number of benzene rings is 2. The molecule has 2 aliphatic heterocycles. The van der Waals surface area contributed by atoms with Crippen LogP contribution in [0.1, 0.15) is 19.8 Å². The van der Waals surface area contributed by atoms with Gasteiger partial charge in [-0.05, 0) is 23.8 Å². The molecule has 4 rings (SSSR count). The standard InChI is InChI=1S/C21H24N2O3/c1-14-12-22(10-9-19(14)24)21(26)16-11-20(25)23(13-16)18-8-4-6-15-5-2-3-7-17(15)18/h2-8,14,16,19,24H,9-13H2,1H3. The largest absolute Gasteiger partial charge is 0.393 e. The Labute approximate surface area is 153 Å². The Morgan fingerprint density at radius 1 is 1.12 bits per heavy atom. The maximum atomic E-state index is 12.9. The highest BCUT2D eigenvalue weighted by molar-refractivity contribution is 6.07. The highest BCUT2D eigenvalue weighted by Gasteiger charge is 2.39. The van der Waals surface area contributed by atoms with E-state index in [2.05, 4.69) is 0 Å². The number of amides is 2. The first-order valence-electron chi connectivity index (χ1n) is 9.29. The second kappa shape index (κ2) is 6.72. The quantitative estimate of drug-likeness (QED) is 0.903. The lowest BCUT2D eigenvalue weighted by atomic mass is 9.95. The topological polar surface area (TPSA) is 60.9 Å². The summed E-state index contributed by atoms with van der Waals surface area (Å²) in [5.41, 5.74) is 0.880. The minimum atomic E-state index is -0.337. The molecular formula is C21H24N2O3. The summed E-state index contributed by atoms with van der Waals surface area (Å²) in [6.45, 7) is 3.54. The van der Waals surface area contributed by atoms with Crippen LogP contribution in [-0.2, 0) is 9.59 Å². The average Bonchev–Trinajstić information content (AvgIpc) is 3.04. The maximum absolute atomic E-state index is 12.9. The van der Waals surface area contributed by atoms with Gasteiger partial charge in [-0.2, -0.15) is 0 Å². The molecule has 2 aromatic carbocycles. The first-order chi connectivity index (χ1) is 12.5. The number of carbonyl (C=O) groups is 2. The molecule has 2 fully saturated rings. The summed E-state index contributed by atoms with van der Waals surface area (Å²) < 4.78 is 0. The molecule has 2 heterocycles. The van der Waals surface area contributed by atoms with E-state index in [0.717, 1.165) is 16.5 Å². The fourth-order valence-electron chi connectivity index (χ4n) is 4.14. The van der Waals surface area contributed by atoms with Crippen LogP contribution in [0.5, 0.6) is 0 Å². The highest BCUT2D eigenvalue weighted by Crippen LogP contribution is 2.32. The Bertz CT molecular complexity index is 845. The van der Waals surface area contributed by atoms with Crippen LogP contribution in [0, 0.1) is 11.8 Å². The molecule has 2 aromatic rings. The van der Waals surface area contributed by atoms with Gasteiger partial charge in [0.1, 0.15) is 0 Å². The number of nitrogens with zero attached hydrogens (tertiary/aromatic N) is 2. The molecule has 0 bridgehead atoms. The normalized spacial score (nSPS) is 26.5. The van der Waals surface area contributed by atoms with Gasteiger partial charge in [-0.25, -0.2) is 0 Å². The Morgan fingerprint density at radius 3 is 2.69 bits per heavy atom. The van der Waals surface area contributed by atoms with E-state index in [1.807, 2.05) is 54.3 Å². The van der Waals surface area contributed by atoms with Crippen LogP contribution in [0.15, 0.2) is 42.5 Å². The van der Waals surface area contributed by atoms with Crippen molar-refractivity contribution >= 4 is 28.3 Å². The van der Waals surface area contributed by atoms with Gasteiger partial charge in [0.2, 0.25) is 11.8 Å². The smallest absolute Gasteiger partial charge is 0.228 e. The lowest BCUT2D eigenvalue weighted by Crippen LogP contribution is -2.47. The van der Waals surface area contributed by atoms with E-state index in [1.54, 1.807) is 4.90 Å². The second-order valence-corrected chi connectivity index (χ2v) is 7.52. The van der Waals surface area contributed by atoms with Crippen molar-refractivity contribution in [2.75, 3.05) is 24.5 Å². The minimum absolute atomic E-state index is 0.00444. The molecule has 3 atom stereocenters. The number of aliphatic hydroxyl groups excluding tert-OH is 1. The molecule has 0 aromatic heterocycles. The number of carbonyl (C=O) groups excluding carboxylic acids is 2. The number of hydrogen-bond acceptors (Lipinski definition) is 3. The summed E-state index contributed by atoms with van der Waals surface area (Å²) in [7, 11) is 0. The Balaban J connectivity index is 1.54. The molecule has 5 heteroatoms. The molecule has 0 saturated carbocycles. The van der Waals surface area contributed by atoms with E-state index in [-0.39, 0.29) is 36.2 Å². The maximum Gasteiger partial charge on any atom is 0.228 e. The Hall–Kier alpha value is -2.40. The van der Waals surface area contributed by atoms with Crippen LogP contribution in [-0.4, -0.2) is 47.6 Å². The van der Waals surface area contributed by atoms with Crippen molar-refractivity contribution in [2.45, 2.75) is 25.9 Å². The van der Waals surface area contributed by atoms with Gasteiger partial charge in [0.25, 0.3) is 0 Å². The zero-order valence-corrected chi connectivity index (χ0v) is 15.0. The van der Waals surface area contributed by atoms with E-state index >= 15 is 0 Å². The summed E-state index contributed by atoms with van der Waals surface area (Å²) in [6.07, 6.45) is 0.535. The van der Waals surface area contributed by atoms with Crippen molar-refractivity contribution in [2.24, 2.45) is 11.8 Å². The molecule has 0 radical (unpaired) electrons. The molecule has 2 amide bonds. The van der Waals surface area contributed by atoms with Gasteiger partial charge in [0.05, 0.1) is 17.7 Å². The summed E-state index contributed by atoms with van der Waals surface area (Å²) in [5.74, 6) is -0.174. The number of fused-ring (bicyclic) bond motifs is 1. The number of anilines is 1. The minimum Gasteiger partial charge on any atom is -0.393 e. The molecule has 136 valence electrons. The Morgan fingerprint density at radius 2 is 1.88 bits per heavy atom. The summed E-state index contributed by atoms with van der Waals surface area (Å²) in [4.78, 5) is 29.1. The number of aliphatic hydroxyl groups is 1. The lowest BCUT2D eigenvalue weighted by Gasteiger charge is -2.35. The van der Waals surface area contributed by atoms with E-state index in [1.165, 1.54) is 0 Å². The lowest BCUT2D eigenvalue weighted by molar-refractivity contribution is -0.139. The third-order valence-electron chi connectivity index (χ3n) is 5.70. The molecule has 5 nitrogen and oxygen atoms in total. The predicted octanol–water partition coefficient (Wildman–Crippen LogP) is 2.42. The van der Waals surface area contributed by atoms with Crippen molar-refractivity contribution < 1.29 is 14.7 Å². The van der Waals surface area contributed by atoms with E-state index < -0.39 is 0 Å². The first-order valence-corrected chi connectivity index (χ1v) is 9.29. The molecule has 3 unspecified atom stereocenters. The van der Waals surface area contributed by atoms with Crippen molar-refractivity contribution in [3.63, 3.8) is 0 Å². The summed E-state index contributed by atoms with van der Waals surface area (Å²) in [6, 6.07) is 13.9. The zero-order valence-electron chi connectivity index (χ0n) is 15.0. The third kappa shape index (κ3) is 2.97. The average molecular weight is 352 g/mol. The monoisotopic (exact) mass is 352 g/mol. The molecule has 2 aliphatic rings.